The maximum absolute atomic E-state index is 12.2. The molecule has 1 unspecified atom stereocenters. The molecule has 2 aromatic rings. The highest BCUT2D eigenvalue weighted by Gasteiger charge is 2.19. The minimum absolute atomic E-state index is 0.0386. The molecule has 5 nitrogen and oxygen atoms in total. The fraction of sp³-hybridized carbons (Fsp3) is 0.143. The lowest BCUT2D eigenvalue weighted by atomic mass is 10.1. The van der Waals surface area contributed by atoms with Crippen LogP contribution in [0.15, 0.2) is 53.4 Å². The molecule has 0 aliphatic rings. The van der Waals surface area contributed by atoms with Gasteiger partial charge in [-0.05, 0) is 23.8 Å². The highest BCUT2D eigenvalue weighted by atomic mass is 35.5. The van der Waals surface area contributed by atoms with Gasteiger partial charge in [0.1, 0.15) is 4.90 Å². The topological polar surface area (TPSA) is 92.4 Å². The summed E-state index contributed by atoms with van der Waals surface area (Å²) in [6.07, 6.45) is -0.937. The lowest BCUT2D eigenvalue weighted by Crippen LogP contribution is -2.28. The normalized spacial score (nSPS) is 13.0. The summed E-state index contributed by atoms with van der Waals surface area (Å²) in [4.78, 5) is -0.0707. The van der Waals surface area contributed by atoms with Crippen molar-refractivity contribution in [2.45, 2.75) is 11.0 Å². The Labute approximate surface area is 128 Å². The van der Waals surface area contributed by atoms with Crippen LogP contribution in [0.3, 0.4) is 0 Å². The fourth-order valence-corrected chi connectivity index (χ4v) is 3.38. The van der Waals surface area contributed by atoms with Crippen molar-refractivity contribution in [1.29, 1.82) is 0 Å². The fourth-order valence-electron chi connectivity index (χ4n) is 1.79. The van der Waals surface area contributed by atoms with Gasteiger partial charge in [-0.1, -0.05) is 41.9 Å². The molecule has 0 spiro atoms. The molecule has 21 heavy (non-hydrogen) atoms. The standard InChI is InChI=1S/C14H15ClN2O3S/c15-12-8-11(16)6-7-14(12)21(19,20)17-9-13(18)10-4-2-1-3-5-10/h1-8,13,17-18H,9,16H2. The number of halogens is 1. The summed E-state index contributed by atoms with van der Waals surface area (Å²) in [7, 11) is -3.81. The molecule has 0 aliphatic carbocycles. The number of nitrogen functional groups attached to an aromatic ring is 1. The number of aliphatic hydroxyl groups is 1. The molecule has 4 N–H and O–H groups in total. The van der Waals surface area contributed by atoms with Crippen LogP contribution in [0.25, 0.3) is 0 Å². The Morgan fingerprint density at radius 1 is 1.19 bits per heavy atom. The van der Waals surface area contributed by atoms with E-state index in [0.29, 0.717) is 11.3 Å². The van der Waals surface area contributed by atoms with E-state index in [1.165, 1.54) is 18.2 Å². The van der Waals surface area contributed by atoms with Crippen LogP contribution in [0.5, 0.6) is 0 Å². The van der Waals surface area contributed by atoms with Gasteiger partial charge in [-0.25, -0.2) is 13.1 Å². The number of benzene rings is 2. The van der Waals surface area contributed by atoms with Crippen LogP contribution in [0.2, 0.25) is 5.02 Å². The number of nitrogens with two attached hydrogens (primary N) is 1. The van der Waals surface area contributed by atoms with Crippen LogP contribution in [0.4, 0.5) is 5.69 Å². The average molecular weight is 327 g/mol. The van der Waals surface area contributed by atoms with Crippen molar-refractivity contribution in [3.63, 3.8) is 0 Å². The molecule has 0 saturated carbocycles. The Bertz CT molecular complexity index is 720. The smallest absolute Gasteiger partial charge is 0.242 e. The van der Waals surface area contributed by atoms with Crippen molar-refractivity contribution in [1.82, 2.24) is 4.72 Å². The average Bonchev–Trinajstić information content (AvgIpc) is 2.45. The summed E-state index contributed by atoms with van der Waals surface area (Å²) in [5.74, 6) is 0. The second kappa shape index (κ2) is 6.44. The first-order valence-corrected chi connectivity index (χ1v) is 8.04. The molecule has 0 amide bonds. The molecule has 1 atom stereocenters. The largest absolute Gasteiger partial charge is 0.399 e. The number of sulfonamides is 1. The van der Waals surface area contributed by atoms with Gasteiger partial charge < -0.3 is 10.8 Å². The molecule has 0 bridgehead atoms. The van der Waals surface area contributed by atoms with Crippen LogP contribution in [-0.4, -0.2) is 20.1 Å². The van der Waals surface area contributed by atoms with Gasteiger partial charge >= 0.3 is 0 Å². The molecule has 112 valence electrons. The Hall–Kier alpha value is -1.60. The molecular weight excluding hydrogens is 312 g/mol. The zero-order valence-corrected chi connectivity index (χ0v) is 12.6. The van der Waals surface area contributed by atoms with Crippen molar-refractivity contribution in [2.75, 3.05) is 12.3 Å². The van der Waals surface area contributed by atoms with Crippen LogP contribution < -0.4 is 10.5 Å². The van der Waals surface area contributed by atoms with Gasteiger partial charge in [0.25, 0.3) is 0 Å². The van der Waals surface area contributed by atoms with Crippen LogP contribution >= 0.6 is 11.6 Å². The van der Waals surface area contributed by atoms with Crippen molar-refractivity contribution >= 4 is 27.3 Å². The molecular formula is C14H15ClN2O3S. The number of nitrogens with one attached hydrogen (secondary N) is 1. The van der Waals surface area contributed by atoms with E-state index in [9.17, 15) is 13.5 Å². The number of hydrogen-bond donors (Lipinski definition) is 3. The van der Waals surface area contributed by atoms with Crippen molar-refractivity contribution in [3.8, 4) is 0 Å². The third-order valence-electron chi connectivity index (χ3n) is 2.90. The second-order valence-corrected chi connectivity index (χ2v) is 6.61. The molecule has 0 aliphatic heterocycles. The monoisotopic (exact) mass is 326 g/mol. The molecule has 0 radical (unpaired) electrons. The zero-order chi connectivity index (χ0) is 15.5. The highest BCUT2D eigenvalue weighted by Crippen LogP contribution is 2.23. The van der Waals surface area contributed by atoms with E-state index < -0.39 is 16.1 Å². The molecule has 0 saturated heterocycles. The van der Waals surface area contributed by atoms with Crippen molar-refractivity contribution in [3.05, 3.63) is 59.1 Å². The predicted molar refractivity (Wildman–Crippen MR) is 82.5 cm³/mol. The first-order chi connectivity index (χ1) is 9.90. The van der Waals surface area contributed by atoms with Gasteiger partial charge in [-0.2, -0.15) is 0 Å². The van der Waals surface area contributed by atoms with Gasteiger partial charge in [-0.3, -0.25) is 0 Å². The third kappa shape index (κ3) is 3.95. The zero-order valence-electron chi connectivity index (χ0n) is 11.0. The van der Waals surface area contributed by atoms with Crippen LogP contribution in [0, 0.1) is 0 Å². The van der Waals surface area contributed by atoms with E-state index >= 15 is 0 Å². The van der Waals surface area contributed by atoms with Crippen molar-refractivity contribution in [2.24, 2.45) is 0 Å². The van der Waals surface area contributed by atoms with E-state index in [-0.39, 0.29) is 16.5 Å². The van der Waals surface area contributed by atoms with Gasteiger partial charge in [0.2, 0.25) is 10.0 Å². The molecule has 2 rings (SSSR count). The van der Waals surface area contributed by atoms with Gasteiger partial charge in [0.15, 0.2) is 0 Å². The first-order valence-electron chi connectivity index (χ1n) is 6.18. The van der Waals surface area contributed by atoms with E-state index in [0.717, 1.165) is 0 Å². The molecule has 0 aromatic heterocycles. The minimum atomic E-state index is -3.81. The molecule has 0 fully saturated rings. The van der Waals surface area contributed by atoms with Gasteiger partial charge in [-0.15, -0.1) is 0 Å². The van der Waals surface area contributed by atoms with Crippen LogP contribution in [0.1, 0.15) is 11.7 Å². The maximum atomic E-state index is 12.2. The lowest BCUT2D eigenvalue weighted by Gasteiger charge is -2.13. The Kier molecular flexibility index (Phi) is 4.84. The van der Waals surface area contributed by atoms with E-state index in [1.807, 2.05) is 6.07 Å². The first kappa shape index (κ1) is 15.8. The Morgan fingerprint density at radius 3 is 2.48 bits per heavy atom. The maximum Gasteiger partial charge on any atom is 0.242 e. The third-order valence-corrected chi connectivity index (χ3v) is 4.80. The summed E-state index contributed by atoms with van der Waals surface area (Å²) in [6.45, 7) is -0.146. The highest BCUT2D eigenvalue weighted by molar-refractivity contribution is 7.89. The SMILES string of the molecule is Nc1ccc(S(=O)(=O)NCC(O)c2ccccc2)c(Cl)c1. The molecule has 2 aromatic carbocycles. The number of aliphatic hydroxyl groups excluding tert-OH is 1. The Morgan fingerprint density at radius 2 is 1.86 bits per heavy atom. The summed E-state index contributed by atoms with van der Waals surface area (Å²) >= 11 is 5.88. The summed E-state index contributed by atoms with van der Waals surface area (Å²) in [5, 5.41) is 10.0. The number of hydrogen-bond acceptors (Lipinski definition) is 4. The summed E-state index contributed by atoms with van der Waals surface area (Å²) in [6, 6.07) is 12.9. The second-order valence-electron chi connectivity index (χ2n) is 4.47. The van der Waals surface area contributed by atoms with Gasteiger partial charge in [0, 0.05) is 12.2 Å². The summed E-state index contributed by atoms with van der Waals surface area (Å²) < 4.78 is 26.6. The molecule has 7 heteroatoms. The predicted octanol–water partition coefficient (Wildman–Crippen LogP) is 1.93. The van der Waals surface area contributed by atoms with Crippen molar-refractivity contribution < 1.29 is 13.5 Å². The number of rotatable bonds is 5. The molecule has 0 heterocycles. The summed E-state index contributed by atoms with van der Waals surface area (Å²) in [5.41, 5.74) is 6.54. The minimum Gasteiger partial charge on any atom is -0.399 e. The van der Waals surface area contributed by atoms with E-state index in [4.69, 9.17) is 17.3 Å². The lowest BCUT2D eigenvalue weighted by molar-refractivity contribution is 0.182. The quantitative estimate of drug-likeness (QED) is 0.732. The van der Waals surface area contributed by atoms with E-state index in [1.54, 1.807) is 24.3 Å². The Balaban J connectivity index is 2.11. The van der Waals surface area contributed by atoms with Gasteiger partial charge in [0.05, 0.1) is 11.1 Å². The number of anilines is 1. The van der Waals surface area contributed by atoms with Crippen LogP contribution in [-0.2, 0) is 10.0 Å². The van der Waals surface area contributed by atoms with E-state index in [2.05, 4.69) is 4.72 Å².